The largest absolute Gasteiger partial charge is 0.481 e. The molecule has 2 aromatic rings. The van der Waals surface area contributed by atoms with Gasteiger partial charge in [0, 0.05) is 19.0 Å². The summed E-state index contributed by atoms with van der Waals surface area (Å²) >= 11 is 0. The molecule has 176 valence electrons. The van der Waals surface area contributed by atoms with E-state index in [0.717, 1.165) is 22.3 Å². The molecule has 2 amide bonds. The lowest BCUT2D eigenvalue weighted by molar-refractivity contribution is -0.143. The minimum absolute atomic E-state index is 0.0155. The Morgan fingerprint density at radius 3 is 2.06 bits per heavy atom. The van der Waals surface area contributed by atoms with Gasteiger partial charge < -0.3 is 25.6 Å². The van der Waals surface area contributed by atoms with E-state index in [1.54, 1.807) is 13.8 Å². The van der Waals surface area contributed by atoms with Crippen LogP contribution < -0.4 is 10.6 Å². The molecule has 0 aromatic heterocycles. The van der Waals surface area contributed by atoms with Gasteiger partial charge in [-0.1, -0.05) is 62.4 Å². The highest BCUT2D eigenvalue weighted by Crippen LogP contribution is 2.44. The van der Waals surface area contributed by atoms with Crippen molar-refractivity contribution in [1.82, 2.24) is 10.6 Å². The Morgan fingerprint density at radius 1 is 0.939 bits per heavy atom. The first-order valence-corrected chi connectivity index (χ1v) is 11.0. The van der Waals surface area contributed by atoms with Gasteiger partial charge in [-0.3, -0.25) is 9.59 Å². The van der Waals surface area contributed by atoms with E-state index < -0.39 is 30.0 Å². The van der Waals surface area contributed by atoms with Crippen LogP contribution in [0.5, 0.6) is 0 Å². The predicted molar refractivity (Wildman–Crippen MR) is 123 cm³/mol. The number of carbonyl (C=O) groups is 3. The fraction of sp³-hybridized carbons (Fsp3) is 0.400. The number of ether oxygens (including phenoxy) is 1. The molecule has 2 aromatic carbocycles. The quantitative estimate of drug-likeness (QED) is 0.438. The van der Waals surface area contributed by atoms with Crippen LogP contribution in [0.15, 0.2) is 48.5 Å². The molecule has 33 heavy (non-hydrogen) atoms. The second kappa shape index (κ2) is 11.0. The maximum atomic E-state index is 12.2. The van der Waals surface area contributed by atoms with Crippen LogP contribution in [0.25, 0.3) is 11.1 Å². The molecule has 3 rings (SSSR count). The second-order valence-corrected chi connectivity index (χ2v) is 8.56. The van der Waals surface area contributed by atoms with Crippen LogP contribution in [0.2, 0.25) is 0 Å². The second-order valence-electron chi connectivity index (χ2n) is 8.56. The number of aliphatic carboxylic acids is 1. The van der Waals surface area contributed by atoms with Crippen LogP contribution >= 0.6 is 0 Å². The Hall–Kier alpha value is -3.39. The molecular formula is C25H30N2O6. The minimum Gasteiger partial charge on any atom is -0.481 e. The Bertz CT molecular complexity index is 960. The van der Waals surface area contributed by atoms with Crippen molar-refractivity contribution in [3.63, 3.8) is 0 Å². The van der Waals surface area contributed by atoms with E-state index in [1.165, 1.54) is 0 Å². The number of aliphatic hydroxyl groups is 1. The van der Waals surface area contributed by atoms with Gasteiger partial charge in [-0.05, 0) is 28.2 Å². The molecule has 1 aliphatic carbocycles. The molecule has 0 fully saturated rings. The van der Waals surface area contributed by atoms with Gasteiger partial charge in [-0.2, -0.15) is 0 Å². The molecule has 0 bridgehead atoms. The Balaban J connectivity index is 1.44. The third kappa shape index (κ3) is 6.10. The van der Waals surface area contributed by atoms with Gasteiger partial charge in [0.15, 0.2) is 0 Å². The average molecular weight is 455 g/mol. The fourth-order valence-corrected chi connectivity index (χ4v) is 4.04. The number of nitrogens with one attached hydrogen (secondary N) is 2. The molecule has 0 saturated heterocycles. The van der Waals surface area contributed by atoms with E-state index >= 15 is 0 Å². The molecule has 2 atom stereocenters. The lowest BCUT2D eigenvalue weighted by Gasteiger charge is -2.18. The van der Waals surface area contributed by atoms with E-state index in [1.807, 2.05) is 36.4 Å². The normalized spacial score (nSPS) is 14.2. The number of amides is 2. The van der Waals surface area contributed by atoms with E-state index in [9.17, 15) is 19.5 Å². The van der Waals surface area contributed by atoms with Crippen molar-refractivity contribution in [2.24, 2.45) is 11.8 Å². The van der Waals surface area contributed by atoms with Crippen LogP contribution in [-0.4, -0.2) is 54.0 Å². The summed E-state index contributed by atoms with van der Waals surface area (Å²) in [5.74, 6) is -2.37. The number of carbonyl (C=O) groups excluding carboxylic acids is 2. The first-order valence-electron chi connectivity index (χ1n) is 11.0. The average Bonchev–Trinajstić information content (AvgIpc) is 3.09. The molecule has 0 saturated carbocycles. The highest BCUT2D eigenvalue weighted by molar-refractivity contribution is 5.79. The van der Waals surface area contributed by atoms with E-state index in [0.29, 0.717) is 0 Å². The van der Waals surface area contributed by atoms with Gasteiger partial charge in [0.2, 0.25) is 5.91 Å². The lowest BCUT2D eigenvalue weighted by Crippen LogP contribution is -2.39. The summed E-state index contributed by atoms with van der Waals surface area (Å²) in [5, 5.41) is 24.2. The number of alkyl carbamates (subject to hydrolysis) is 1. The third-order valence-electron chi connectivity index (χ3n) is 5.89. The van der Waals surface area contributed by atoms with Crippen molar-refractivity contribution < 1.29 is 29.3 Å². The molecule has 0 spiro atoms. The molecule has 0 radical (unpaired) electrons. The van der Waals surface area contributed by atoms with Gasteiger partial charge in [0.25, 0.3) is 0 Å². The van der Waals surface area contributed by atoms with Crippen LogP contribution in [-0.2, 0) is 14.3 Å². The predicted octanol–water partition coefficient (Wildman–Crippen LogP) is 2.75. The van der Waals surface area contributed by atoms with E-state index in [4.69, 9.17) is 9.84 Å². The van der Waals surface area contributed by atoms with E-state index in [-0.39, 0.29) is 38.0 Å². The molecule has 1 aliphatic rings. The summed E-state index contributed by atoms with van der Waals surface area (Å²) in [6.07, 6.45) is -2.05. The topological polar surface area (TPSA) is 125 Å². The monoisotopic (exact) mass is 454 g/mol. The molecule has 8 nitrogen and oxygen atoms in total. The van der Waals surface area contributed by atoms with Crippen LogP contribution in [0, 0.1) is 11.8 Å². The summed E-state index contributed by atoms with van der Waals surface area (Å²) in [4.78, 5) is 35.3. The number of rotatable bonds is 10. The maximum Gasteiger partial charge on any atom is 0.407 e. The molecule has 8 heteroatoms. The Kier molecular flexibility index (Phi) is 8.06. The number of benzene rings is 2. The smallest absolute Gasteiger partial charge is 0.407 e. The number of aliphatic hydroxyl groups excluding tert-OH is 1. The van der Waals surface area contributed by atoms with E-state index in [2.05, 4.69) is 22.8 Å². The lowest BCUT2D eigenvalue weighted by atomic mass is 9.96. The molecule has 0 heterocycles. The van der Waals surface area contributed by atoms with Crippen molar-refractivity contribution >= 4 is 18.0 Å². The molecule has 2 unspecified atom stereocenters. The highest BCUT2D eigenvalue weighted by atomic mass is 16.5. The fourth-order valence-electron chi connectivity index (χ4n) is 4.04. The van der Waals surface area contributed by atoms with Crippen molar-refractivity contribution in [2.75, 3.05) is 19.7 Å². The number of hydrogen-bond donors (Lipinski definition) is 4. The zero-order valence-corrected chi connectivity index (χ0v) is 18.8. The van der Waals surface area contributed by atoms with Crippen molar-refractivity contribution in [2.45, 2.75) is 32.3 Å². The van der Waals surface area contributed by atoms with Crippen molar-refractivity contribution in [3.05, 3.63) is 59.7 Å². The standard InChI is InChI=1S/C25H30N2O6/c1-15(2)21(24(30)31)13-26-23(29)11-16(28)12-27-25(32)33-14-22-19-9-5-3-7-17(19)18-8-4-6-10-20(18)22/h3-10,15-16,21-22,28H,11-14H2,1-2H3,(H,26,29)(H,27,32)(H,30,31). The molecule has 0 aliphatic heterocycles. The maximum absolute atomic E-state index is 12.2. The summed E-state index contributed by atoms with van der Waals surface area (Å²) < 4.78 is 5.40. The SMILES string of the molecule is CC(C)C(CNC(=O)CC(O)CNC(=O)OCC1c2ccccc2-c2ccccc21)C(=O)O. The molecular weight excluding hydrogens is 424 g/mol. The summed E-state index contributed by atoms with van der Waals surface area (Å²) in [7, 11) is 0. The number of fused-ring (bicyclic) bond motifs is 3. The zero-order valence-electron chi connectivity index (χ0n) is 18.8. The number of hydrogen-bond acceptors (Lipinski definition) is 5. The van der Waals surface area contributed by atoms with Gasteiger partial charge in [-0.25, -0.2) is 4.79 Å². The van der Waals surface area contributed by atoms with Crippen molar-refractivity contribution in [3.8, 4) is 11.1 Å². The molecule has 4 N–H and O–H groups in total. The van der Waals surface area contributed by atoms with Crippen LogP contribution in [0.4, 0.5) is 4.79 Å². The Labute approximate surface area is 193 Å². The van der Waals surface area contributed by atoms with Crippen LogP contribution in [0.3, 0.4) is 0 Å². The van der Waals surface area contributed by atoms with Gasteiger partial charge in [-0.15, -0.1) is 0 Å². The van der Waals surface area contributed by atoms with Crippen molar-refractivity contribution in [1.29, 1.82) is 0 Å². The third-order valence-corrected chi connectivity index (χ3v) is 5.89. The summed E-state index contributed by atoms with van der Waals surface area (Å²) in [5.41, 5.74) is 4.46. The van der Waals surface area contributed by atoms with Gasteiger partial charge >= 0.3 is 12.1 Å². The highest BCUT2D eigenvalue weighted by Gasteiger charge is 2.29. The summed E-state index contributed by atoms with van der Waals surface area (Å²) in [6, 6.07) is 16.0. The number of carboxylic acids is 1. The first-order chi connectivity index (χ1) is 15.8. The van der Waals surface area contributed by atoms with Gasteiger partial charge in [0.05, 0.1) is 18.4 Å². The zero-order chi connectivity index (χ0) is 24.0. The van der Waals surface area contributed by atoms with Crippen LogP contribution in [0.1, 0.15) is 37.3 Å². The minimum atomic E-state index is -1.12. The Morgan fingerprint density at radius 2 is 1.52 bits per heavy atom. The number of carboxylic acid groups (broad SMARTS) is 1. The summed E-state index contributed by atoms with van der Waals surface area (Å²) in [6.45, 7) is 3.51. The first kappa shape index (κ1) is 24.3. The van der Waals surface area contributed by atoms with Gasteiger partial charge in [0.1, 0.15) is 6.61 Å².